The molecule has 0 bridgehead atoms. The molecule has 1 N–H and O–H groups in total. The molecule has 0 spiro atoms. The fraction of sp³-hybridized carbons (Fsp3) is 0.500. The summed E-state index contributed by atoms with van der Waals surface area (Å²) in [6, 6.07) is 7.99. The van der Waals surface area contributed by atoms with Crippen molar-refractivity contribution in [2.24, 2.45) is 0 Å². The van der Waals surface area contributed by atoms with Crippen molar-refractivity contribution in [1.29, 1.82) is 0 Å². The highest BCUT2D eigenvalue weighted by molar-refractivity contribution is 9.10. The van der Waals surface area contributed by atoms with E-state index >= 15 is 0 Å². The maximum absolute atomic E-state index is 13.0. The van der Waals surface area contributed by atoms with Gasteiger partial charge in [0, 0.05) is 29.9 Å². The first-order valence-corrected chi connectivity index (χ1v) is 11.1. The molecule has 9 heteroatoms. The van der Waals surface area contributed by atoms with E-state index in [1.54, 1.807) is 30.8 Å². The number of anilines is 1. The van der Waals surface area contributed by atoms with E-state index in [9.17, 15) is 9.90 Å². The van der Waals surface area contributed by atoms with Gasteiger partial charge in [0.25, 0.3) is 5.91 Å². The third-order valence-corrected chi connectivity index (χ3v) is 6.37. The van der Waals surface area contributed by atoms with E-state index < -0.39 is 6.35 Å². The molecule has 0 radical (unpaired) electrons. The van der Waals surface area contributed by atoms with Crippen LogP contribution >= 0.6 is 27.7 Å². The highest BCUT2D eigenvalue weighted by atomic mass is 79.9. The number of carbonyl (C=O) groups excluding carboxylic acids is 1. The quantitative estimate of drug-likeness (QED) is 0.609. The van der Waals surface area contributed by atoms with Crippen LogP contribution in [0.3, 0.4) is 0 Å². The molecule has 1 aromatic carbocycles. The normalized spacial score (nSPS) is 17.1. The number of amides is 1. The maximum Gasteiger partial charge on any atom is 0.277 e. The molecule has 0 aliphatic carbocycles. The Morgan fingerprint density at radius 3 is 2.69 bits per heavy atom. The summed E-state index contributed by atoms with van der Waals surface area (Å²) in [5.74, 6) is 0.243. The van der Waals surface area contributed by atoms with Crippen LogP contribution in [0.5, 0.6) is 0 Å². The summed E-state index contributed by atoms with van der Waals surface area (Å²) in [7, 11) is 3.33. The van der Waals surface area contributed by atoms with E-state index in [2.05, 4.69) is 29.8 Å². The first-order valence-electron chi connectivity index (χ1n) is 9.44. The van der Waals surface area contributed by atoms with Crippen molar-refractivity contribution in [3.05, 3.63) is 40.0 Å². The number of carbonyl (C=O) groups is 1. The molecule has 1 unspecified atom stereocenters. The predicted molar refractivity (Wildman–Crippen MR) is 118 cm³/mol. The standard InChI is InChI=1S/C20H27BrN4O3S/c1-6-28-12-20(2,3)29-18-22-16-15(17(26)24(5)19(27)23(16)4)25(18)11-13-8-7-9-14(21)10-13/h7-10,19,27H,6,11-12H2,1-5H3. The van der Waals surface area contributed by atoms with Crippen LogP contribution in [-0.4, -0.2) is 63.9 Å². The van der Waals surface area contributed by atoms with E-state index in [0.717, 1.165) is 15.2 Å². The largest absolute Gasteiger partial charge is 0.380 e. The molecule has 2 heterocycles. The predicted octanol–water partition coefficient (Wildman–Crippen LogP) is 3.40. The van der Waals surface area contributed by atoms with Gasteiger partial charge in [-0.1, -0.05) is 39.8 Å². The number of thioether (sulfide) groups is 1. The van der Waals surface area contributed by atoms with Crippen molar-refractivity contribution < 1.29 is 14.6 Å². The number of hydrogen-bond donors (Lipinski definition) is 1. The third kappa shape index (κ3) is 4.63. The van der Waals surface area contributed by atoms with Gasteiger partial charge in [0.1, 0.15) is 0 Å². The van der Waals surface area contributed by atoms with Gasteiger partial charge in [-0.2, -0.15) is 0 Å². The fourth-order valence-electron chi connectivity index (χ4n) is 3.19. The molecule has 1 atom stereocenters. The molecule has 0 saturated heterocycles. The molecule has 158 valence electrons. The SMILES string of the molecule is CCOCC(C)(C)Sc1nc2c(n1Cc1cccc(Br)c1)C(=O)N(C)C(O)N2C. The van der Waals surface area contributed by atoms with Crippen molar-refractivity contribution >= 4 is 39.4 Å². The van der Waals surface area contributed by atoms with Gasteiger partial charge < -0.3 is 19.3 Å². The number of hydrogen-bond acceptors (Lipinski definition) is 6. The Morgan fingerprint density at radius 2 is 2.03 bits per heavy atom. The lowest BCUT2D eigenvalue weighted by molar-refractivity contribution is 0.0152. The van der Waals surface area contributed by atoms with Crippen molar-refractivity contribution in [3.8, 4) is 0 Å². The summed E-state index contributed by atoms with van der Waals surface area (Å²) >= 11 is 5.08. The zero-order valence-electron chi connectivity index (χ0n) is 17.3. The number of halogens is 1. The molecule has 1 aliphatic rings. The Hall–Kier alpha value is -1.55. The summed E-state index contributed by atoms with van der Waals surface area (Å²) in [4.78, 5) is 20.7. The van der Waals surface area contributed by atoms with Gasteiger partial charge in [-0.25, -0.2) is 4.98 Å². The van der Waals surface area contributed by atoms with Gasteiger partial charge in [0.2, 0.25) is 6.35 Å². The average molecular weight is 483 g/mol. The van der Waals surface area contributed by atoms with Crippen LogP contribution < -0.4 is 4.90 Å². The molecule has 7 nitrogen and oxygen atoms in total. The van der Waals surface area contributed by atoms with Crippen LogP contribution in [0.15, 0.2) is 33.9 Å². The monoisotopic (exact) mass is 482 g/mol. The van der Waals surface area contributed by atoms with Crippen molar-refractivity contribution in [2.75, 3.05) is 32.2 Å². The van der Waals surface area contributed by atoms with Crippen LogP contribution in [-0.2, 0) is 11.3 Å². The summed E-state index contributed by atoms with van der Waals surface area (Å²) in [5.41, 5.74) is 1.53. The third-order valence-electron chi connectivity index (χ3n) is 4.72. The summed E-state index contributed by atoms with van der Waals surface area (Å²) < 4.78 is 8.32. The number of aliphatic hydroxyl groups excluding tert-OH is 1. The molecule has 0 fully saturated rings. The molecule has 3 rings (SSSR count). The number of aliphatic hydroxyl groups is 1. The smallest absolute Gasteiger partial charge is 0.277 e. The van der Waals surface area contributed by atoms with Crippen LogP contribution in [0.2, 0.25) is 0 Å². The minimum absolute atomic E-state index is 0.231. The molecule has 29 heavy (non-hydrogen) atoms. The van der Waals surface area contributed by atoms with E-state index in [0.29, 0.717) is 31.3 Å². The van der Waals surface area contributed by atoms with Gasteiger partial charge in [-0.05, 0) is 38.5 Å². The minimum Gasteiger partial charge on any atom is -0.380 e. The highest BCUT2D eigenvalue weighted by Gasteiger charge is 2.39. The van der Waals surface area contributed by atoms with Crippen molar-refractivity contribution in [2.45, 2.75) is 43.6 Å². The lowest BCUT2D eigenvalue weighted by Crippen LogP contribution is -2.52. The molecule has 1 aliphatic heterocycles. The van der Waals surface area contributed by atoms with E-state index in [4.69, 9.17) is 9.72 Å². The number of benzene rings is 1. The number of nitrogens with zero attached hydrogens (tertiary/aromatic N) is 4. The van der Waals surface area contributed by atoms with Gasteiger partial charge in [-0.3, -0.25) is 9.69 Å². The lowest BCUT2D eigenvalue weighted by atomic mass is 10.2. The van der Waals surface area contributed by atoms with Gasteiger partial charge >= 0.3 is 0 Å². The minimum atomic E-state index is -1.04. The first kappa shape index (κ1) is 22.1. The number of imidazole rings is 1. The lowest BCUT2D eigenvalue weighted by Gasteiger charge is -2.36. The fourth-order valence-corrected chi connectivity index (χ4v) is 4.67. The van der Waals surface area contributed by atoms with Crippen molar-refractivity contribution in [1.82, 2.24) is 14.5 Å². The molecule has 0 saturated carbocycles. The molecule has 2 aromatic rings. The topological polar surface area (TPSA) is 70.8 Å². The Bertz CT molecular complexity index is 902. The Kier molecular flexibility index (Phi) is 6.62. The zero-order chi connectivity index (χ0) is 21.3. The second-order valence-electron chi connectivity index (χ2n) is 7.65. The van der Waals surface area contributed by atoms with Crippen LogP contribution in [0, 0.1) is 0 Å². The highest BCUT2D eigenvalue weighted by Crippen LogP contribution is 2.38. The molecular weight excluding hydrogens is 456 g/mol. The summed E-state index contributed by atoms with van der Waals surface area (Å²) in [6.45, 7) is 7.87. The maximum atomic E-state index is 13.0. The number of aromatic nitrogens is 2. The molecule has 1 aromatic heterocycles. The number of ether oxygens (including phenoxy) is 1. The zero-order valence-corrected chi connectivity index (χ0v) is 19.7. The number of rotatable bonds is 7. The van der Waals surface area contributed by atoms with Crippen LogP contribution in [0.1, 0.15) is 36.8 Å². The second kappa shape index (κ2) is 8.67. The average Bonchev–Trinajstić information content (AvgIpc) is 3.00. The Labute approximate surface area is 184 Å². The van der Waals surface area contributed by atoms with E-state index in [1.807, 2.05) is 35.8 Å². The van der Waals surface area contributed by atoms with Crippen molar-refractivity contribution in [3.63, 3.8) is 0 Å². The first-order chi connectivity index (χ1) is 13.6. The van der Waals surface area contributed by atoms with E-state index in [-0.39, 0.29) is 10.7 Å². The molecule has 1 amide bonds. The van der Waals surface area contributed by atoms with Gasteiger partial charge in [0.15, 0.2) is 16.7 Å². The van der Waals surface area contributed by atoms with Gasteiger partial charge in [0.05, 0.1) is 13.2 Å². The Morgan fingerprint density at radius 1 is 1.31 bits per heavy atom. The number of fused-ring (bicyclic) bond motifs is 1. The Balaban J connectivity index is 2.07. The summed E-state index contributed by atoms with van der Waals surface area (Å²) in [5, 5.41) is 11.1. The molecular formula is C20H27BrN4O3S. The van der Waals surface area contributed by atoms with E-state index in [1.165, 1.54) is 4.90 Å². The van der Waals surface area contributed by atoms with Gasteiger partial charge in [-0.15, -0.1) is 0 Å². The second-order valence-corrected chi connectivity index (χ2v) is 10.2. The van der Waals surface area contributed by atoms with Crippen LogP contribution in [0.4, 0.5) is 5.82 Å². The van der Waals surface area contributed by atoms with Crippen LogP contribution in [0.25, 0.3) is 0 Å². The summed E-state index contributed by atoms with van der Waals surface area (Å²) in [6.07, 6.45) is -1.04.